The van der Waals surface area contributed by atoms with Gasteiger partial charge in [0.25, 0.3) is 0 Å². The topological polar surface area (TPSA) is 3.24 Å². The highest BCUT2D eigenvalue weighted by Gasteiger charge is 2.38. The molecule has 0 saturated carbocycles. The van der Waals surface area contributed by atoms with Gasteiger partial charge in [0.15, 0.2) is 0 Å². The summed E-state index contributed by atoms with van der Waals surface area (Å²) in [6.07, 6.45) is 0. The number of para-hydroxylation sites is 1. The van der Waals surface area contributed by atoms with E-state index in [1.54, 1.807) is 0 Å². The van der Waals surface area contributed by atoms with Gasteiger partial charge in [-0.25, -0.2) is 0 Å². The van der Waals surface area contributed by atoms with Gasteiger partial charge < -0.3 is 4.90 Å². The van der Waals surface area contributed by atoms with Crippen molar-refractivity contribution in [2.45, 2.75) is 45.4 Å². The summed E-state index contributed by atoms with van der Waals surface area (Å²) in [4.78, 5) is 2.51. The summed E-state index contributed by atoms with van der Waals surface area (Å²) in [7, 11) is 0. The Hall–Kier alpha value is -5.44. The summed E-state index contributed by atoms with van der Waals surface area (Å²) in [6, 6.07) is 58.5. The lowest BCUT2D eigenvalue weighted by Crippen LogP contribution is -2.17. The minimum Gasteiger partial charge on any atom is -0.309 e. The van der Waals surface area contributed by atoms with Crippen LogP contribution in [0.25, 0.3) is 53.6 Å². The zero-order valence-corrected chi connectivity index (χ0v) is 30.7. The number of benzene rings is 7. The van der Waals surface area contributed by atoms with Crippen LogP contribution < -0.4 is 4.90 Å². The fourth-order valence-electron chi connectivity index (χ4n) is 8.18. The molecule has 248 valence electrons. The Morgan fingerprint density at radius 1 is 0.510 bits per heavy atom. The van der Waals surface area contributed by atoms with E-state index in [0.717, 1.165) is 11.4 Å². The smallest absolute Gasteiger partial charge is 0.0555 e. The molecule has 0 N–H and O–H groups in total. The molecule has 1 aromatic heterocycles. The Balaban J connectivity index is 1.32. The molecule has 1 aliphatic rings. The second-order valence-corrected chi connectivity index (χ2v) is 16.5. The maximum absolute atomic E-state index is 2.51. The standard InChI is InChI=1S/C49H41NS/c1-48(2,3)34-28-29-38-41(31-34)49(4,5)40-23-14-22-37(46(38)40)36-20-9-11-24-42(36)50(35-19-13-18-33(30-35)32-16-7-6-8-17-32)43-25-15-27-45-47(43)39-21-10-12-26-44(39)51-45/h6-31H,1-5H3. The molecule has 0 atom stereocenters. The van der Waals surface area contributed by atoms with E-state index in [-0.39, 0.29) is 10.8 Å². The highest BCUT2D eigenvalue weighted by atomic mass is 32.1. The van der Waals surface area contributed by atoms with Gasteiger partial charge in [-0.1, -0.05) is 156 Å². The van der Waals surface area contributed by atoms with Crippen LogP contribution in [0.1, 0.15) is 51.3 Å². The van der Waals surface area contributed by atoms with Crippen molar-refractivity contribution in [1.29, 1.82) is 0 Å². The molecular formula is C49H41NS. The van der Waals surface area contributed by atoms with E-state index in [2.05, 4.69) is 197 Å². The van der Waals surface area contributed by atoms with Gasteiger partial charge in [0.1, 0.15) is 0 Å². The fourth-order valence-corrected chi connectivity index (χ4v) is 9.31. The van der Waals surface area contributed by atoms with Crippen molar-refractivity contribution in [3.8, 4) is 33.4 Å². The van der Waals surface area contributed by atoms with Crippen LogP contribution in [0.3, 0.4) is 0 Å². The summed E-state index contributed by atoms with van der Waals surface area (Å²) in [6.45, 7) is 11.7. The molecule has 0 amide bonds. The minimum absolute atomic E-state index is 0.0803. The molecule has 0 unspecified atom stereocenters. The first-order chi connectivity index (χ1) is 24.7. The van der Waals surface area contributed by atoms with Crippen LogP contribution in [-0.4, -0.2) is 0 Å². The number of hydrogen-bond acceptors (Lipinski definition) is 2. The van der Waals surface area contributed by atoms with Gasteiger partial charge in [0.2, 0.25) is 0 Å². The van der Waals surface area contributed by atoms with Gasteiger partial charge >= 0.3 is 0 Å². The zero-order chi connectivity index (χ0) is 34.9. The number of nitrogens with zero attached hydrogens (tertiary/aromatic N) is 1. The van der Waals surface area contributed by atoms with E-state index in [1.807, 2.05) is 11.3 Å². The SMILES string of the molecule is CC(C)(C)c1ccc2c(c1)C(C)(C)c1cccc(-c3ccccc3N(c3cccc(-c4ccccc4)c3)c3cccc4sc5ccccc5c34)c1-2. The second-order valence-electron chi connectivity index (χ2n) is 15.4. The van der Waals surface area contributed by atoms with E-state index < -0.39 is 0 Å². The molecule has 0 saturated heterocycles. The predicted octanol–water partition coefficient (Wildman–Crippen LogP) is 14.5. The van der Waals surface area contributed by atoms with Crippen molar-refractivity contribution in [3.05, 3.63) is 174 Å². The first-order valence-electron chi connectivity index (χ1n) is 17.9. The highest BCUT2D eigenvalue weighted by Crippen LogP contribution is 2.55. The Morgan fingerprint density at radius 2 is 1.18 bits per heavy atom. The van der Waals surface area contributed by atoms with Gasteiger partial charge in [-0.15, -0.1) is 11.3 Å². The molecule has 0 bridgehead atoms. The van der Waals surface area contributed by atoms with Crippen LogP contribution in [0.2, 0.25) is 0 Å². The third-order valence-corrected chi connectivity index (χ3v) is 12.0. The summed E-state index contributed by atoms with van der Waals surface area (Å²) in [5.41, 5.74) is 15.2. The van der Waals surface area contributed by atoms with Gasteiger partial charge in [0, 0.05) is 36.8 Å². The van der Waals surface area contributed by atoms with Crippen LogP contribution in [0.5, 0.6) is 0 Å². The molecule has 8 aromatic rings. The third kappa shape index (κ3) is 5.12. The van der Waals surface area contributed by atoms with Crippen molar-refractivity contribution in [2.24, 2.45) is 0 Å². The van der Waals surface area contributed by atoms with Crippen LogP contribution >= 0.6 is 11.3 Å². The van der Waals surface area contributed by atoms with Crippen LogP contribution in [0.4, 0.5) is 17.1 Å². The first-order valence-corrected chi connectivity index (χ1v) is 18.8. The summed E-state index contributed by atoms with van der Waals surface area (Å²) >= 11 is 1.87. The Morgan fingerprint density at radius 3 is 2.02 bits per heavy atom. The number of rotatable bonds is 5. The van der Waals surface area contributed by atoms with Gasteiger partial charge in [-0.3, -0.25) is 0 Å². The van der Waals surface area contributed by atoms with Gasteiger partial charge in [-0.2, -0.15) is 0 Å². The lowest BCUT2D eigenvalue weighted by atomic mass is 9.79. The Bertz CT molecular complexity index is 2600. The first kappa shape index (κ1) is 31.5. The van der Waals surface area contributed by atoms with Crippen molar-refractivity contribution < 1.29 is 0 Å². The van der Waals surface area contributed by atoms with E-state index >= 15 is 0 Å². The van der Waals surface area contributed by atoms with E-state index in [9.17, 15) is 0 Å². The molecule has 0 fully saturated rings. The molecule has 1 heterocycles. The molecule has 1 aliphatic carbocycles. The molecular weight excluding hydrogens is 635 g/mol. The number of hydrogen-bond donors (Lipinski definition) is 0. The van der Waals surface area contributed by atoms with Gasteiger partial charge in [-0.05, 0) is 86.3 Å². The molecule has 9 rings (SSSR count). The van der Waals surface area contributed by atoms with Crippen LogP contribution in [0.15, 0.2) is 158 Å². The van der Waals surface area contributed by atoms with Crippen molar-refractivity contribution >= 4 is 48.6 Å². The summed E-state index contributed by atoms with van der Waals surface area (Å²) in [5.74, 6) is 0. The van der Waals surface area contributed by atoms with Crippen molar-refractivity contribution in [3.63, 3.8) is 0 Å². The maximum Gasteiger partial charge on any atom is 0.0555 e. The molecule has 1 nitrogen and oxygen atoms in total. The average Bonchev–Trinajstić information content (AvgIpc) is 3.64. The van der Waals surface area contributed by atoms with E-state index in [4.69, 9.17) is 0 Å². The molecule has 0 radical (unpaired) electrons. The second kappa shape index (κ2) is 11.8. The van der Waals surface area contributed by atoms with E-state index in [0.29, 0.717) is 0 Å². The molecule has 0 spiro atoms. The van der Waals surface area contributed by atoms with Crippen LogP contribution in [0, 0.1) is 0 Å². The molecule has 51 heavy (non-hydrogen) atoms. The third-order valence-electron chi connectivity index (χ3n) is 10.8. The zero-order valence-electron chi connectivity index (χ0n) is 29.9. The molecule has 0 aliphatic heterocycles. The number of anilines is 3. The molecule has 2 heteroatoms. The average molecular weight is 676 g/mol. The lowest BCUT2D eigenvalue weighted by molar-refractivity contribution is 0.584. The monoisotopic (exact) mass is 675 g/mol. The summed E-state index contributed by atoms with van der Waals surface area (Å²) < 4.78 is 2.60. The quantitative estimate of drug-likeness (QED) is 0.175. The summed E-state index contributed by atoms with van der Waals surface area (Å²) in [5, 5.41) is 2.58. The lowest BCUT2D eigenvalue weighted by Gasteiger charge is -2.30. The minimum atomic E-state index is -0.109. The van der Waals surface area contributed by atoms with E-state index in [1.165, 1.54) is 75.9 Å². The number of thiophene rings is 1. The Kier molecular flexibility index (Phi) is 7.31. The van der Waals surface area contributed by atoms with Gasteiger partial charge in [0.05, 0.1) is 11.4 Å². The number of fused-ring (bicyclic) bond motifs is 6. The van der Waals surface area contributed by atoms with Crippen molar-refractivity contribution in [2.75, 3.05) is 4.90 Å². The normalized spacial score (nSPS) is 13.4. The molecule has 7 aromatic carbocycles. The largest absolute Gasteiger partial charge is 0.309 e. The van der Waals surface area contributed by atoms with Crippen molar-refractivity contribution in [1.82, 2.24) is 0 Å². The highest BCUT2D eigenvalue weighted by molar-refractivity contribution is 7.26. The predicted molar refractivity (Wildman–Crippen MR) is 221 cm³/mol. The maximum atomic E-state index is 2.51. The Labute approximate surface area is 305 Å². The van der Waals surface area contributed by atoms with Crippen LogP contribution in [-0.2, 0) is 10.8 Å². The fraction of sp³-hybridized carbons (Fsp3) is 0.143.